The van der Waals surface area contributed by atoms with Gasteiger partial charge in [-0.05, 0) is 25.2 Å². The predicted octanol–water partition coefficient (Wildman–Crippen LogP) is 1.32. The third-order valence-electron chi connectivity index (χ3n) is 3.70. The van der Waals surface area contributed by atoms with Crippen LogP contribution in [-0.4, -0.2) is 54.8 Å². The quantitative estimate of drug-likeness (QED) is 0.840. The second-order valence-corrected chi connectivity index (χ2v) is 4.99. The highest BCUT2D eigenvalue weighted by Gasteiger charge is 2.27. The number of pyridine rings is 1. The fraction of sp³-hybridized carbons (Fsp3) is 0.667. The highest BCUT2D eigenvalue weighted by Crippen LogP contribution is 2.12. The van der Waals surface area contributed by atoms with Crippen LogP contribution < -0.4 is 5.32 Å². The molecule has 1 aliphatic heterocycles. The highest BCUT2D eigenvalue weighted by atomic mass is 16.5. The molecule has 1 N–H and O–H groups in total. The summed E-state index contributed by atoms with van der Waals surface area (Å²) in [7, 11) is 0. The van der Waals surface area contributed by atoms with Gasteiger partial charge in [-0.1, -0.05) is 19.9 Å². The van der Waals surface area contributed by atoms with Crippen molar-refractivity contribution in [2.75, 3.05) is 32.8 Å². The molecule has 2 rings (SSSR count). The van der Waals surface area contributed by atoms with Gasteiger partial charge in [0.05, 0.1) is 12.7 Å². The number of likely N-dealkylation sites (N-methyl/N-ethyl adjacent to an activating group) is 2. The van der Waals surface area contributed by atoms with E-state index in [2.05, 4.69) is 35.1 Å². The van der Waals surface area contributed by atoms with E-state index < -0.39 is 0 Å². The molecule has 0 saturated carbocycles. The van der Waals surface area contributed by atoms with E-state index in [-0.39, 0.29) is 6.10 Å². The van der Waals surface area contributed by atoms with Gasteiger partial charge >= 0.3 is 0 Å². The van der Waals surface area contributed by atoms with Crippen molar-refractivity contribution in [2.24, 2.45) is 0 Å². The predicted molar refractivity (Wildman–Crippen MR) is 77.3 cm³/mol. The molecule has 19 heavy (non-hydrogen) atoms. The minimum atomic E-state index is 0.260. The molecule has 1 aliphatic rings. The summed E-state index contributed by atoms with van der Waals surface area (Å²) in [5.74, 6) is 0. The zero-order valence-corrected chi connectivity index (χ0v) is 12.0. The minimum absolute atomic E-state index is 0.260. The summed E-state index contributed by atoms with van der Waals surface area (Å²) in [5.41, 5.74) is 1.13. The Bertz CT molecular complexity index is 358. The van der Waals surface area contributed by atoms with E-state index in [9.17, 15) is 0 Å². The van der Waals surface area contributed by atoms with Crippen molar-refractivity contribution >= 4 is 0 Å². The van der Waals surface area contributed by atoms with Crippen LogP contribution in [0.25, 0.3) is 0 Å². The molecule has 0 aromatic carbocycles. The van der Waals surface area contributed by atoms with Crippen LogP contribution in [0, 0.1) is 0 Å². The summed E-state index contributed by atoms with van der Waals surface area (Å²) < 4.78 is 5.96. The smallest absolute Gasteiger partial charge is 0.0859 e. The fourth-order valence-corrected chi connectivity index (χ4v) is 2.60. The number of nitrogens with one attached hydrogen (secondary N) is 1. The topological polar surface area (TPSA) is 37.4 Å². The number of ether oxygens (including phenoxy) is 1. The number of hydrogen-bond acceptors (Lipinski definition) is 4. The van der Waals surface area contributed by atoms with Gasteiger partial charge in [-0.25, -0.2) is 0 Å². The Morgan fingerprint density at radius 2 is 2.37 bits per heavy atom. The van der Waals surface area contributed by atoms with E-state index in [0.29, 0.717) is 6.04 Å². The molecular formula is C15H25N3O. The maximum Gasteiger partial charge on any atom is 0.0859 e. The standard InChI is InChI=1S/C15H25N3O/c1-3-16-14(11-13-7-5-6-8-17-13)15-12-18(4-2)9-10-19-15/h5-8,14-16H,3-4,9-12H2,1-2H3. The summed E-state index contributed by atoms with van der Waals surface area (Å²) in [6.45, 7) is 9.32. The van der Waals surface area contributed by atoms with E-state index in [1.807, 2.05) is 18.3 Å². The van der Waals surface area contributed by atoms with Crippen molar-refractivity contribution in [1.82, 2.24) is 15.2 Å². The lowest BCUT2D eigenvalue weighted by Gasteiger charge is -2.36. The normalized spacial score (nSPS) is 22.3. The minimum Gasteiger partial charge on any atom is -0.374 e. The van der Waals surface area contributed by atoms with Gasteiger partial charge in [0, 0.05) is 37.4 Å². The Morgan fingerprint density at radius 3 is 3.05 bits per heavy atom. The Kier molecular flexibility index (Phi) is 5.76. The first-order valence-electron chi connectivity index (χ1n) is 7.30. The summed E-state index contributed by atoms with van der Waals surface area (Å²) in [4.78, 5) is 6.88. The van der Waals surface area contributed by atoms with Crippen LogP contribution in [0.4, 0.5) is 0 Å². The molecular weight excluding hydrogens is 238 g/mol. The van der Waals surface area contributed by atoms with E-state index in [1.165, 1.54) is 0 Å². The number of morpholine rings is 1. The first-order valence-corrected chi connectivity index (χ1v) is 7.30. The van der Waals surface area contributed by atoms with Crippen molar-refractivity contribution in [3.8, 4) is 0 Å². The lowest BCUT2D eigenvalue weighted by molar-refractivity contribution is -0.0446. The summed E-state index contributed by atoms with van der Waals surface area (Å²) in [6, 6.07) is 6.44. The van der Waals surface area contributed by atoms with E-state index in [0.717, 1.165) is 44.9 Å². The lowest BCUT2D eigenvalue weighted by Crippen LogP contribution is -2.53. The van der Waals surface area contributed by atoms with Crippen molar-refractivity contribution in [3.63, 3.8) is 0 Å². The van der Waals surface area contributed by atoms with Gasteiger partial charge in [0.2, 0.25) is 0 Å². The molecule has 2 heterocycles. The second-order valence-electron chi connectivity index (χ2n) is 4.99. The van der Waals surface area contributed by atoms with Crippen LogP contribution in [0.3, 0.4) is 0 Å². The SMILES string of the molecule is CCNC(Cc1ccccn1)C1CN(CC)CCO1. The number of rotatable bonds is 6. The molecule has 4 nitrogen and oxygen atoms in total. The lowest BCUT2D eigenvalue weighted by atomic mass is 10.0. The third kappa shape index (κ3) is 4.27. The monoisotopic (exact) mass is 263 g/mol. The van der Waals surface area contributed by atoms with Gasteiger partial charge in [0.25, 0.3) is 0 Å². The largest absolute Gasteiger partial charge is 0.374 e. The molecule has 2 unspecified atom stereocenters. The van der Waals surface area contributed by atoms with Gasteiger partial charge in [-0.2, -0.15) is 0 Å². The Hall–Kier alpha value is -0.970. The molecule has 106 valence electrons. The summed E-state index contributed by atoms with van der Waals surface area (Å²) in [6.07, 6.45) is 3.05. The van der Waals surface area contributed by atoms with Crippen LogP contribution in [0.2, 0.25) is 0 Å². The van der Waals surface area contributed by atoms with Crippen molar-refractivity contribution in [1.29, 1.82) is 0 Å². The molecule has 1 aromatic heterocycles. The fourth-order valence-electron chi connectivity index (χ4n) is 2.60. The summed E-state index contributed by atoms with van der Waals surface area (Å²) >= 11 is 0. The molecule has 0 radical (unpaired) electrons. The van der Waals surface area contributed by atoms with Crippen LogP contribution in [-0.2, 0) is 11.2 Å². The van der Waals surface area contributed by atoms with Crippen LogP contribution in [0.15, 0.2) is 24.4 Å². The highest BCUT2D eigenvalue weighted by molar-refractivity contribution is 5.06. The maximum atomic E-state index is 5.96. The summed E-state index contributed by atoms with van der Waals surface area (Å²) in [5, 5.41) is 3.55. The zero-order chi connectivity index (χ0) is 13.5. The van der Waals surface area contributed by atoms with E-state index >= 15 is 0 Å². The molecule has 0 bridgehead atoms. The van der Waals surface area contributed by atoms with Gasteiger partial charge in [0.1, 0.15) is 0 Å². The Balaban J connectivity index is 1.98. The van der Waals surface area contributed by atoms with Gasteiger partial charge in [-0.3, -0.25) is 9.88 Å². The van der Waals surface area contributed by atoms with Gasteiger partial charge in [-0.15, -0.1) is 0 Å². The van der Waals surface area contributed by atoms with E-state index in [1.54, 1.807) is 0 Å². The number of hydrogen-bond donors (Lipinski definition) is 1. The van der Waals surface area contributed by atoms with Crippen molar-refractivity contribution in [2.45, 2.75) is 32.4 Å². The zero-order valence-electron chi connectivity index (χ0n) is 12.0. The van der Waals surface area contributed by atoms with Crippen molar-refractivity contribution < 1.29 is 4.74 Å². The van der Waals surface area contributed by atoms with E-state index in [4.69, 9.17) is 4.74 Å². The molecule has 1 aromatic rings. The third-order valence-corrected chi connectivity index (χ3v) is 3.70. The van der Waals surface area contributed by atoms with Gasteiger partial charge < -0.3 is 10.1 Å². The van der Waals surface area contributed by atoms with Crippen molar-refractivity contribution in [3.05, 3.63) is 30.1 Å². The number of aromatic nitrogens is 1. The Morgan fingerprint density at radius 1 is 1.47 bits per heavy atom. The Labute approximate surface area is 116 Å². The second kappa shape index (κ2) is 7.58. The van der Waals surface area contributed by atoms with Gasteiger partial charge in [0.15, 0.2) is 0 Å². The van der Waals surface area contributed by atoms with Crippen LogP contribution >= 0.6 is 0 Å². The molecule has 4 heteroatoms. The molecule has 0 spiro atoms. The molecule has 0 aliphatic carbocycles. The first-order chi connectivity index (χ1) is 9.33. The average molecular weight is 263 g/mol. The molecule has 2 atom stereocenters. The molecule has 1 fully saturated rings. The van der Waals surface area contributed by atoms with Crippen LogP contribution in [0.5, 0.6) is 0 Å². The number of nitrogens with zero attached hydrogens (tertiary/aromatic N) is 2. The molecule has 0 amide bonds. The molecule has 1 saturated heterocycles. The first kappa shape index (κ1) is 14.4. The van der Waals surface area contributed by atoms with Crippen LogP contribution in [0.1, 0.15) is 19.5 Å². The average Bonchev–Trinajstić information content (AvgIpc) is 2.48. The maximum absolute atomic E-state index is 5.96.